The van der Waals surface area contributed by atoms with Crippen LogP contribution in [0.5, 0.6) is 0 Å². The standard InChI is InChI=1S/C19H17N3O3/c1-11(2)22-15-9-8-13(10-16(15)24-19(22)23)17-20-18(25-21-17)14-7-5-4-6-12(14)3/h4-11H,1-3H3. The highest BCUT2D eigenvalue weighted by molar-refractivity contribution is 5.79. The monoisotopic (exact) mass is 335 g/mol. The van der Waals surface area contributed by atoms with E-state index in [0.29, 0.717) is 17.3 Å². The molecule has 0 fully saturated rings. The minimum absolute atomic E-state index is 0.0254. The molecule has 0 aliphatic rings. The fourth-order valence-corrected chi connectivity index (χ4v) is 2.93. The van der Waals surface area contributed by atoms with Crippen LogP contribution in [-0.2, 0) is 0 Å². The van der Waals surface area contributed by atoms with E-state index in [1.165, 1.54) is 0 Å². The Kier molecular flexibility index (Phi) is 3.53. The molecule has 2 aromatic carbocycles. The van der Waals surface area contributed by atoms with Gasteiger partial charge in [-0.2, -0.15) is 4.98 Å². The van der Waals surface area contributed by atoms with Crippen molar-refractivity contribution in [2.24, 2.45) is 0 Å². The van der Waals surface area contributed by atoms with Crippen molar-refractivity contribution >= 4 is 11.1 Å². The Morgan fingerprint density at radius 2 is 1.92 bits per heavy atom. The van der Waals surface area contributed by atoms with Gasteiger partial charge in [0.15, 0.2) is 5.58 Å². The second kappa shape index (κ2) is 5.73. The van der Waals surface area contributed by atoms with Gasteiger partial charge in [0.1, 0.15) is 0 Å². The number of aromatic nitrogens is 3. The molecule has 0 N–H and O–H groups in total. The van der Waals surface area contributed by atoms with Crippen molar-refractivity contribution in [3.05, 3.63) is 58.6 Å². The fraction of sp³-hybridized carbons (Fsp3) is 0.211. The van der Waals surface area contributed by atoms with E-state index in [2.05, 4.69) is 10.1 Å². The zero-order valence-electron chi connectivity index (χ0n) is 14.2. The van der Waals surface area contributed by atoms with Crippen molar-refractivity contribution in [3.8, 4) is 22.8 Å². The molecule has 0 aliphatic carbocycles. The Morgan fingerprint density at radius 3 is 2.68 bits per heavy atom. The van der Waals surface area contributed by atoms with Crippen LogP contribution in [0.4, 0.5) is 0 Å². The van der Waals surface area contributed by atoms with Gasteiger partial charge >= 0.3 is 5.76 Å². The maximum atomic E-state index is 12.0. The Labute approximate surface area is 143 Å². The van der Waals surface area contributed by atoms with E-state index in [1.54, 1.807) is 10.6 Å². The van der Waals surface area contributed by atoms with E-state index < -0.39 is 0 Å². The van der Waals surface area contributed by atoms with E-state index in [4.69, 9.17) is 8.94 Å². The summed E-state index contributed by atoms with van der Waals surface area (Å²) in [6.07, 6.45) is 0. The van der Waals surface area contributed by atoms with Crippen LogP contribution in [0.2, 0.25) is 0 Å². The molecule has 6 nitrogen and oxygen atoms in total. The molecule has 0 unspecified atom stereocenters. The van der Waals surface area contributed by atoms with Crippen molar-refractivity contribution in [2.75, 3.05) is 0 Å². The molecule has 0 amide bonds. The number of aryl methyl sites for hydroxylation is 1. The predicted molar refractivity (Wildman–Crippen MR) is 94.3 cm³/mol. The van der Waals surface area contributed by atoms with Crippen molar-refractivity contribution in [1.82, 2.24) is 14.7 Å². The highest BCUT2D eigenvalue weighted by atomic mass is 16.5. The van der Waals surface area contributed by atoms with Gasteiger partial charge in [-0.05, 0) is 50.6 Å². The van der Waals surface area contributed by atoms with Crippen LogP contribution in [0.3, 0.4) is 0 Å². The summed E-state index contributed by atoms with van der Waals surface area (Å²) >= 11 is 0. The van der Waals surface area contributed by atoms with Gasteiger partial charge in [0.05, 0.1) is 5.52 Å². The van der Waals surface area contributed by atoms with Crippen LogP contribution in [-0.4, -0.2) is 14.7 Å². The number of oxazole rings is 1. The van der Waals surface area contributed by atoms with Crippen molar-refractivity contribution in [3.63, 3.8) is 0 Å². The molecular formula is C19H17N3O3. The van der Waals surface area contributed by atoms with Crippen LogP contribution in [0.25, 0.3) is 33.9 Å². The highest BCUT2D eigenvalue weighted by Gasteiger charge is 2.16. The molecule has 126 valence electrons. The summed E-state index contributed by atoms with van der Waals surface area (Å²) in [7, 11) is 0. The highest BCUT2D eigenvalue weighted by Crippen LogP contribution is 2.27. The van der Waals surface area contributed by atoms with Crippen molar-refractivity contribution < 1.29 is 8.94 Å². The lowest BCUT2D eigenvalue weighted by atomic mass is 10.1. The average Bonchev–Trinajstić information content (AvgIpc) is 3.18. The Hall–Kier alpha value is -3.15. The second-order valence-corrected chi connectivity index (χ2v) is 6.25. The topological polar surface area (TPSA) is 74.1 Å². The molecule has 25 heavy (non-hydrogen) atoms. The number of hydrogen-bond acceptors (Lipinski definition) is 5. The lowest BCUT2D eigenvalue weighted by Crippen LogP contribution is -2.15. The van der Waals surface area contributed by atoms with Crippen molar-refractivity contribution in [1.29, 1.82) is 0 Å². The van der Waals surface area contributed by atoms with E-state index in [0.717, 1.165) is 22.2 Å². The van der Waals surface area contributed by atoms with E-state index in [-0.39, 0.29) is 11.8 Å². The summed E-state index contributed by atoms with van der Waals surface area (Å²) in [4.78, 5) is 16.5. The summed E-state index contributed by atoms with van der Waals surface area (Å²) in [5, 5.41) is 4.06. The molecule has 0 saturated heterocycles. The van der Waals surface area contributed by atoms with Gasteiger partial charge in [-0.3, -0.25) is 4.57 Å². The quantitative estimate of drug-likeness (QED) is 0.561. The predicted octanol–water partition coefficient (Wildman–Crippen LogP) is 4.20. The lowest BCUT2D eigenvalue weighted by Gasteiger charge is -2.04. The molecule has 0 aliphatic heterocycles. The van der Waals surface area contributed by atoms with Crippen molar-refractivity contribution in [2.45, 2.75) is 26.8 Å². The molecule has 0 spiro atoms. The third kappa shape index (κ3) is 2.55. The zero-order chi connectivity index (χ0) is 17.6. The first-order valence-corrected chi connectivity index (χ1v) is 8.10. The molecule has 6 heteroatoms. The van der Waals surface area contributed by atoms with Crippen LogP contribution in [0.15, 0.2) is 56.2 Å². The number of nitrogens with zero attached hydrogens (tertiary/aromatic N) is 3. The van der Waals surface area contributed by atoms with Gasteiger partial charge in [-0.1, -0.05) is 23.4 Å². The number of fused-ring (bicyclic) bond motifs is 1. The number of benzene rings is 2. The van der Waals surface area contributed by atoms with Gasteiger partial charge < -0.3 is 8.94 Å². The number of hydrogen-bond donors (Lipinski definition) is 0. The molecule has 0 bridgehead atoms. The Balaban J connectivity index is 1.78. The third-order valence-corrected chi connectivity index (χ3v) is 4.19. The molecule has 4 aromatic rings. The maximum absolute atomic E-state index is 12.0. The van der Waals surface area contributed by atoms with E-state index in [1.807, 2.05) is 57.2 Å². The normalized spacial score (nSPS) is 11.5. The molecular weight excluding hydrogens is 318 g/mol. The summed E-state index contributed by atoms with van der Waals surface area (Å²) in [5.74, 6) is 0.561. The molecule has 0 saturated carbocycles. The zero-order valence-corrected chi connectivity index (χ0v) is 14.2. The molecule has 4 rings (SSSR count). The molecule has 0 atom stereocenters. The van der Waals surface area contributed by atoms with Crippen LogP contribution in [0.1, 0.15) is 25.5 Å². The van der Waals surface area contributed by atoms with E-state index >= 15 is 0 Å². The van der Waals surface area contributed by atoms with Gasteiger partial charge in [-0.25, -0.2) is 4.79 Å². The summed E-state index contributed by atoms with van der Waals surface area (Å²) in [5.41, 5.74) is 3.97. The van der Waals surface area contributed by atoms with E-state index in [9.17, 15) is 4.79 Å². The summed E-state index contributed by atoms with van der Waals surface area (Å²) < 4.78 is 12.4. The maximum Gasteiger partial charge on any atom is 0.420 e. The van der Waals surface area contributed by atoms with Crippen LogP contribution in [0, 0.1) is 6.92 Å². The lowest BCUT2D eigenvalue weighted by molar-refractivity contribution is 0.432. The van der Waals surface area contributed by atoms with Gasteiger partial charge in [0.2, 0.25) is 5.82 Å². The van der Waals surface area contributed by atoms with Gasteiger partial charge in [0.25, 0.3) is 5.89 Å². The third-order valence-electron chi connectivity index (χ3n) is 4.19. The summed E-state index contributed by atoms with van der Waals surface area (Å²) in [6.45, 7) is 5.88. The van der Waals surface area contributed by atoms with Crippen LogP contribution < -0.4 is 5.76 Å². The first-order chi connectivity index (χ1) is 12.0. The largest absolute Gasteiger partial charge is 0.420 e. The van der Waals surface area contributed by atoms with Gasteiger partial charge in [-0.15, -0.1) is 0 Å². The Bertz CT molecular complexity index is 1120. The average molecular weight is 335 g/mol. The minimum atomic E-state index is -0.365. The summed E-state index contributed by atoms with van der Waals surface area (Å²) in [6, 6.07) is 13.3. The first-order valence-electron chi connectivity index (χ1n) is 8.10. The molecule has 2 aromatic heterocycles. The first kappa shape index (κ1) is 15.4. The molecule has 0 radical (unpaired) electrons. The molecule has 2 heterocycles. The fourth-order valence-electron chi connectivity index (χ4n) is 2.93. The SMILES string of the molecule is Cc1ccccc1-c1nc(-c2ccc3c(c2)oc(=O)n3C(C)C)no1. The smallest absolute Gasteiger partial charge is 0.408 e. The van der Waals surface area contributed by atoms with Gasteiger partial charge in [0, 0.05) is 17.2 Å². The minimum Gasteiger partial charge on any atom is -0.408 e. The second-order valence-electron chi connectivity index (χ2n) is 6.25. The van der Waals surface area contributed by atoms with Crippen LogP contribution >= 0.6 is 0 Å². The number of rotatable bonds is 3. The Morgan fingerprint density at radius 1 is 1.12 bits per heavy atom.